The second-order valence-corrected chi connectivity index (χ2v) is 7.00. The van der Waals surface area contributed by atoms with E-state index in [2.05, 4.69) is 26.5 Å². The topological polar surface area (TPSA) is 70.9 Å². The van der Waals surface area contributed by atoms with Gasteiger partial charge in [0.1, 0.15) is 11.5 Å². The minimum Gasteiger partial charge on any atom is -0.507 e. The van der Waals surface area contributed by atoms with E-state index in [1.165, 1.54) is 12.3 Å². The molecule has 0 saturated heterocycles. The summed E-state index contributed by atoms with van der Waals surface area (Å²) in [6.07, 6.45) is 0.648. The van der Waals surface area contributed by atoms with Gasteiger partial charge in [-0.3, -0.25) is 4.79 Å². The zero-order valence-corrected chi connectivity index (χ0v) is 16.8. The van der Waals surface area contributed by atoms with Gasteiger partial charge in [0.05, 0.1) is 6.21 Å². The van der Waals surface area contributed by atoms with E-state index in [0.29, 0.717) is 11.3 Å². The van der Waals surface area contributed by atoms with E-state index in [1.807, 2.05) is 54.6 Å². The zero-order valence-electron chi connectivity index (χ0n) is 15.2. The van der Waals surface area contributed by atoms with Gasteiger partial charge in [0.25, 0.3) is 5.91 Å². The van der Waals surface area contributed by atoms with Crippen LogP contribution in [-0.4, -0.2) is 23.3 Å². The van der Waals surface area contributed by atoms with Gasteiger partial charge in [0, 0.05) is 10.0 Å². The van der Waals surface area contributed by atoms with Crippen LogP contribution in [0.3, 0.4) is 0 Å². The number of rotatable bonds is 6. The third-order valence-electron chi connectivity index (χ3n) is 4.01. The average Bonchev–Trinajstić information content (AvgIpc) is 2.71. The second kappa shape index (κ2) is 9.19. The molecule has 142 valence electrons. The summed E-state index contributed by atoms with van der Waals surface area (Å²) in [6, 6.07) is 22.5. The van der Waals surface area contributed by atoms with Crippen LogP contribution in [0.25, 0.3) is 11.1 Å². The maximum atomic E-state index is 12.2. The summed E-state index contributed by atoms with van der Waals surface area (Å²) in [7, 11) is 0. The third-order valence-corrected chi connectivity index (χ3v) is 4.50. The second-order valence-electron chi connectivity index (χ2n) is 6.09. The Bertz CT molecular complexity index is 973. The van der Waals surface area contributed by atoms with Gasteiger partial charge in [-0.1, -0.05) is 58.4 Å². The van der Waals surface area contributed by atoms with Crippen molar-refractivity contribution in [1.29, 1.82) is 0 Å². The lowest BCUT2D eigenvalue weighted by atomic mass is 10.1. The van der Waals surface area contributed by atoms with Gasteiger partial charge in [0.2, 0.25) is 0 Å². The van der Waals surface area contributed by atoms with Crippen LogP contribution >= 0.6 is 15.9 Å². The first-order valence-corrected chi connectivity index (χ1v) is 9.46. The molecule has 1 amide bonds. The van der Waals surface area contributed by atoms with E-state index in [4.69, 9.17) is 4.74 Å². The minimum absolute atomic E-state index is 0.0732. The quantitative estimate of drug-likeness (QED) is 0.431. The molecule has 6 heteroatoms. The SMILES string of the molecule is C[C@H](Oc1ccc(-c2ccccc2)cc1)C(=O)N/N=C\c1cc(Br)ccc1O. The molecule has 0 heterocycles. The smallest absolute Gasteiger partial charge is 0.280 e. The highest BCUT2D eigenvalue weighted by atomic mass is 79.9. The number of carbonyl (C=O) groups excluding carboxylic acids is 1. The van der Waals surface area contributed by atoms with Crippen LogP contribution in [0.4, 0.5) is 0 Å². The third kappa shape index (κ3) is 5.20. The standard InChI is InChI=1S/C22H19BrN2O3/c1-15(22(27)25-24-14-18-13-19(23)9-12-21(18)26)28-20-10-7-17(8-11-20)16-5-3-2-4-6-16/h2-15,26H,1H3,(H,25,27)/b24-14-/t15-/m0/s1. The highest BCUT2D eigenvalue weighted by Crippen LogP contribution is 2.23. The Labute approximate surface area is 171 Å². The molecule has 3 rings (SSSR count). The Morgan fingerprint density at radius 2 is 1.75 bits per heavy atom. The molecule has 0 saturated carbocycles. The van der Waals surface area contributed by atoms with E-state index < -0.39 is 12.0 Å². The molecule has 28 heavy (non-hydrogen) atoms. The molecule has 3 aromatic carbocycles. The van der Waals surface area contributed by atoms with Crippen LogP contribution in [-0.2, 0) is 4.79 Å². The molecule has 3 aromatic rings. The van der Waals surface area contributed by atoms with E-state index in [0.717, 1.165) is 15.6 Å². The average molecular weight is 439 g/mol. The Hall–Kier alpha value is -3.12. The van der Waals surface area contributed by atoms with E-state index in [-0.39, 0.29) is 5.75 Å². The summed E-state index contributed by atoms with van der Waals surface area (Å²) in [4.78, 5) is 12.2. The van der Waals surface area contributed by atoms with Crippen molar-refractivity contribution in [2.24, 2.45) is 5.10 Å². The lowest BCUT2D eigenvalue weighted by Gasteiger charge is -2.13. The zero-order chi connectivity index (χ0) is 19.9. The van der Waals surface area contributed by atoms with Gasteiger partial charge in [-0.05, 0) is 48.4 Å². The van der Waals surface area contributed by atoms with Crippen LogP contribution in [0.2, 0.25) is 0 Å². The fourth-order valence-corrected chi connectivity index (χ4v) is 2.88. The number of hydrogen-bond acceptors (Lipinski definition) is 4. The fourth-order valence-electron chi connectivity index (χ4n) is 2.50. The van der Waals surface area contributed by atoms with Crippen molar-refractivity contribution >= 4 is 28.1 Å². The lowest BCUT2D eigenvalue weighted by Crippen LogP contribution is -2.33. The molecular formula is C22H19BrN2O3. The first-order chi connectivity index (χ1) is 13.5. The summed E-state index contributed by atoms with van der Waals surface area (Å²) in [6.45, 7) is 1.65. The van der Waals surface area contributed by atoms with Gasteiger partial charge in [0.15, 0.2) is 6.10 Å². The number of nitrogens with one attached hydrogen (secondary N) is 1. The van der Waals surface area contributed by atoms with Crippen LogP contribution < -0.4 is 10.2 Å². The number of amides is 1. The van der Waals surface area contributed by atoms with Crippen molar-refractivity contribution < 1.29 is 14.6 Å². The number of phenolic OH excluding ortho intramolecular Hbond substituents is 1. The lowest BCUT2D eigenvalue weighted by molar-refractivity contribution is -0.127. The first-order valence-electron chi connectivity index (χ1n) is 8.66. The van der Waals surface area contributed by atoms with Gasteiger partial charge in [-0.15, -0.1) is 0 Å². The molecule has 0 aliphatic heterocycles. The van der Waals surface area contributed by atoms with Gasteiger partial charge in [-0.2, -0.15) is 5.10 Å². The van der Waals surface area contributed by atoms with Crippen molar-refractivity contribution in [3.05, 3.63) is 82.8 Å². The van der Waals surface area contributed by atoms with Crippen molar-refractivity contribution in [2.75, 3.05) is 0 Å². The highest BCUT2D eigenvalue weighted by Gasteiger charge is 2.14. The molecule has 0 spiro atoms. The molecule has 1 atom stereocenters. The maximum Gasteiger partial charge on any atom is 0.280 e. The van der Waals surface area contributed by atoms with E-state index in [1.54, 1.807) is 19.1 Å². The minimum atomic E-state index is -0.726. The summed E-state index contributed by atoms with van der Waals surface area (Å²) in [5, 5.41) is 13.6. The normalized spacial score (nSPS) is 11.9. The summed E-state index contributed by atoms with van der Waals surface area (Å²) in [5.74, 6) is 0.276. The summed E-state index contributed by atoms with van der Waals surface area (Å²) >= 11 is 3.32. The number of hydrazone groups is 1. The molecule has 5 nitrogen and oxygen atoms in total. The monoisotopic (exact) mass is 438 g/mol. The Balaban J connectivity index is 1.56. The molecule has 0 radical (unpaired) electrons. The molecule has 0 unspecified atom stereocenters. The van der Waals surface area contributed by atoms with Gasteiger partial charge in [-0.25, -0.2) is 5.43 Å². The number of halogens is 1. The Morgan fingerprint density at radius 3 is 2.46 bits per heavy atom. The van der Waals surface area contributed by atoms with Crippen molar-refractivity contribution in [3.63, 3.8) is 0 Å². The predicted octanol–water partition coefficient (Wildman–Crippen LogP) is 4.74. The van der Waals surface area contributed by atoms with Crippen molar-refractivity contribution in [2.45, 2.75) is 13.0 Å². The summed E-state index contributed by atoms with van der Waals surface area (Å²) in [5.41, 5.74) is 5.09. The number of ether oxygens (including phenoxy) is 1. The fraction of sp³-hybridized carbons (Fsp3) is 0.0909. The number of carbonyl (C=O) groups is 1. The largest absolute Gasteiger partial charge is 0.507 e. The Morgan fingerprint density at radius 1 is 1.07 bits per heavy atom. The Kier molecular flexibility index (Phi) is 6.45. The van der Waals surface area contributed by atoms with Crippen LogP contribution in [0.15, 0.2) is 82.4 Å². The van der Waals surface area contributed by atoms with Crippen LogP contribution in [0.1, 0.15) is 12.5 Å². The number of benzene rings is 3. The molecule has 2 N–H and O–H groups in total. The predicted molar refractivity (Wildman–Crippen MR) is 114 cm³/mol. The van der Waals surface area contributed by atoms with E-state index >= 15 is 0 Å². The number of nitrogens with zero attached hydrogens (tertiary/aromatic N) is 1. The number of hydrogen-bond donors (Lipinski definition) is 2. The molecule has 0 fully saturated rings. The van der Waals surface area contributed by atoms with Gasteiger partial charge < -0.3 is 9.84 Å². The molecule has 0 aliphatic rings. The molecule has 0 aliphatic carbocycles. The number of phenols is 1. The maximum absolute atomic E-state index is 12.2. The van der Waals surface area contributed by atoms with Gasteiger partial charge >= 0.3 is 0 Å². The molecular weight excluding hydrogens is 420 g/mol. The van der Waals surface area contributed by atoms with Crippen LogP contribution in [0, 0.1) is 0 Å². The molecule has 0 aromatic heterocycles. The summed E-state index contributed by atoms with van der Waals surface area (Å²) < 4.78 is 6.47. The highest BCUT2D eigenvalue weighted by molar-refractivity contribution is 9.10. The van der Waals surface area contributed by atoms with Crippen molar-refractivity contribution in [3.8, 4) is 22.6 Å². The number of aromatic hydroxyl groups is 1. The van der Waals surface area contributed by atoms with E-state index in [9.17, 15) is 9.90 Å². The molecule has 0 bridgehead atoms. The van der Waals surface area contributed by atoms with Crippen molar-refractivity contribution in [1.82, 2.24) is 5.43 Å². The first kappa shape index (κ1) is 19.6. The van der Waals surface area contributed by atoms with Crippen LogP contribution in [0.5, 0.6) is 11.5 Å².